The molecule has 10 nitrogen and oxygen atoms in total. The van der Waals surface area contributed by atoms with Crippen LogP contribution >= 0.6 is 0 Å². The maximum Gasteiger partial charge on any atom is 0.330 e. The van der Waals surface area contributed by atoms with Gasteiger partial charge in [-0.3, -0.25) is 23.9 Å². The Labute approximate surface area is 209 Å². The molecule has 0 spiro atoms. The molecule has 10 heteroatoms. The van der Waals surface area contributed by atoms with E-state index in [1.165, 1.54) is 14.4 Å². The predicted octanol–water partition coefficient (Wildman–Crippen LogP) is 2.11. The summed E-state index contributed by atoms with van der Waals surface area (Å²) in [6.45, 7) is 2.24. The van der Waals surface area contributed by atoms with Gasteiger partial charge in [0.15, 0.2) is 5.69 Å². The average molecular weight is 493 g/mol. The number of hydrogen-bond acceptors (Lipinski definition) is 6. The molecule has 0 saturated carbocycles. The van der Waals surface area contributed by atoms with Crippen LogP contribution in [0.15, 0.2) is 64.2 Å². The molecule has 0 fully saturated rings. The zero-order chi connectivity index (χ0) is 26.2. The number of aromatic nitrogens is 2. The maximum absolute atomic E-state index is 13.3. The van der Waals surface area contributed by atoms with Crippen LogP contribution in [0.2, 0.25) is 0 Å². The topological polar surface area (TPSA) is 134 Å². The zero-order valence-electron chi connectivity index (χ0n) is 20.8. The van der Waals surface area contributed by atoms with Crippen molar-refractivity contribution < 1.29 is 9.59 Å². The van der Waals surface area contributed by atoms with Crippen LogP contribution in [-0.4, -0.2) is 53.5 Å². The molecular formula is C26H32N6O4. The summed E-state index contributed by atoms with van der Waals surface area (Å²) >= 11 is 0. The molecule has 2 aromatic carbocycles. The van der Waals surface area contributed by atoms with Crippen LogP contribution in [0, 0.1) is 0 Å². The highest BCUT2D eigenvalue weighted by atomic mass is 16.2. The van der Waals surface area contributed by atoms with E-state index in [1.807, 2.05) is 37.3 Å². The summed E-state index contributed by atoms with van der Waals surface area (Å²) in [4.78, 5) is 56.0. The van der Waals surface area contributed by atoms with Crippen LogP contribution in [0.4, 0.5) is 17.2 Å². The number of aromatic amines is 1. The van der Waals surface area contributed by atoms with Crippen molar-refractivity contribution in [3.8, 4) is 0 Å². The van der Waals surface area contributed by atoms with Crippen LogP contribution in [0.5, 0.6) is 0 Å². The van der Waals surface area contributed by atoms with Crippen LogP contribution in [0.1, 0.15) is 35.7 Å². The number of nitrogen functional groups attached to an aromatic ring is 1. The van der Waals surface area contributed by atoms with Gasteiger partial charge in [-0.2, -0.15) is 0 Å². The fraction of sp³-hybridized carbons (Fsp3) is 0.308. The fourth-order valence-electron chi connectivity index (χ4n) is 3.73. The quantitative estimate of drug-likeness (QED) is 0.397. The van der Waals surface area contributed by atoms with Crippen LogP contribution < -0.4 is 27.2 Å². The number of unbranched alkanes of at least 4 members (excludes halogenated alkanes) is 1. The largest absolute Gasteiger partial charge is 0.383 e. The minimum absolute atomic E-state index is 0.0534. The van der Waals surface area contributed by atoms with E-state index >= 15 is 0 Å². The average Bonchev–Trinajstić information content (AvgIpc) is 2.87. The smallest absolute Gasteiger partial charge is 0.330 e. The Morgan fingerprint density at radius 1 is 1.06 bits per heavy atom. The molecule has 0 saturated heterocycles. The molecule has 36 heavy (non-hydrogen) atoms. The molecule has 0 aliphatic rings. The van der Waals surface area contributed by atoms with Crippen molar-refractivity contribution >= 4 is 29.0 Å². The standard InChI is InChI=1S/C26H32N6O4/c1-4-5-14-31(21(33)16-28-20-13-9-12-19(15-20)25(35)30(2)3)22-23(27)32(26(36)29-24(22)34)17-18-10-7-6-8-11-18/h6-13,15,28H,4-5,14,16-17,27H2,1-3H3,(H,29,34,36). The van der Waals surface area contributed by atoms with Crippen molar-refractivity contribution in [3.63, 3.8) is 0 Å². The van der Waals surface area contributed by atoms with Gasteiger partial charge in [0.1, 0.15) is 5.82 Å². The molecule has 3 aromatic rings. The molecule has 0 radical (unpaired) electrons. The Morgan fingerprint density at radius 3 is 2.44 bits per heavy atom. The Kier molecular flexibility index (Phi) is 8.66. The second kappa shape index (κ2) is 11.9. The Bertz CT molecular complexity index is 1330. The number of amides is 2. The number of nitrogens with two attached hydrogens (primary N) is 1. The third-order valence-electron chi connectivity index (χ3n) is 5.66. The molecule has 0 bridgehead atoms. The van der Waals surface area contributed by atoms with Gasteiger partial charge in [-0.1, -0.05) is 49.7 Å². The van der Waals surface area contributed by atoms with Gasteiger partial charge in [-0.25, -0.2) is 4.79 Å². The van der Waals surface area contributed by atoms with Crippen LogP contribution in [-0.2, 0) is 11.3 Å². The second-order valence-electron chi connectivity index (χ2n) is 8.60. The normalized spacial score (nSPS) is 10.6. The van der Waals surface area contributed by atoms with E-state index in [0.29, 0.717) is 17.7 Å². The van der Waals surface area contributed by atoms with Crippen LogP contribution in [0.3, 0.4) is 0 Å². The number of carbonyl (C=O) groups is 2. The third-order valence-corrected chi connectivity index (χ3v) is 5.66. The first-order valence-corrected chi connectivity index (χ1v) is 11.7. The van der Waals surface area contributed by atoms with Gasteiger partial charge in [-0.05, 0) is 30.2 Å². The zero-order valence-corrected chi connectivity index (χ0v) is 20.8. The number of H-pyrrole nitrogens is 1. The van der Waals surface area contributed by atoms with E-state index in [0.717, 1.165) is 12.0 Å². The van der Waals surface area contributed by atoms with Crippen molar-refractivity contribution in [1.82, 2.24) is 14.5 Å². The van der Waals surface area contributed by atoms with Crippen molar-refractivity contribution in [2.24, 2.45) is 0 Å². The summed E-state index contributed by atoms with van der Waals surface area (Å²) in [6, 6.07) is 16.0. The van der Waals surface area contributed by atoms with Crippen molar-refractivity contribution in [2.75, 3.05) is 43.1 Å². The number of anilines is 3. The first-order chi connectivity index (χ1) is 17.2. The Balaban J connectivity index is 1.89. The van der Waals surface area contributed by atoms with Gasteiger partial charge in [0, 0.05) is 31.9 Å². The third kappa shape index (κ3) is 6.21. The summed E-state index contributed by atoms with van der Waals surface area (Å²) in [5, 5.41) is 3.03. The van der Waals surface area contributed by atoms with E-state index < -0.39 is 17.2 Å². The molecule has 0 atom stereocenters. The number of hydrogen-bond donors (Lipinski definition) is 3. The van der Waals surface area contributed by atoms with Crippen molar-refractivity contribution in [2.45, 2.75) is 26.3 Å². The number of benzene rings is 2. The van der Waals surface area contributed by atoms with E-state index in [-0.39, 0.29) is 37.0 Å². The fourth-order valence-corrected chi connectivity index (χ4v) is 3.73. The summed E-state index contributed by atoms with van der Waals surface area (Å²) in [5.74, 6) is -0.625. The van der Waals surface area contributed by atoms with Crippen LogP contribution in [0.25, 0.3) is 0 Å². The van der Waals surface area contributed by atoms with Gasteiger partial charge < -0.3 is 20.9 Å². The molecule has 0 aliphatic heterocycles. The summed E-state index contributed by atoms with van der Waals surface area (Å²) in [6.07, 6.45) is 1.42. The van der Waals surface area contributed by atoms with Crippen molar-refractivity contribution in [1.29, 1.82) is 0 Å². The first kappa shape index (κ1) is 26.3. The molecule has 2 amide bonds. The minimum Gasteiger partial charge on any atom is -0.383 e. The molecule has 0 unspecified atom stereocenters. The molecule has 1 aromatic heterocycles. The number of nitrogens with zero attached hydrogens (tertiary/aromatic N) is 3. The summed E-state index contributed by atoms with van der Waals surface area (Å²) in [7, 11) is 3.33. The highest BCUT2D eigenvalue weighted by Gasteiger charge is 2.24. The first-order valence-electron chi connectivity index (χ1n) is 11.7. The number of carbonyl (C=O) groups excluding carboxylic acids is 2. The SMILES string of the molecule is CCCCN(C(=O)CNc1cccc(C(=O)N(C)C)c1)c1c(N)n(Cc2ccccc2)c(=O)[nH]c1=O. The molecule has 4 N–H and O–H groups in total. The molecule has 3 rings (SSSR count). The number of rotatable bonds is 10. The highest BCUT2D eigenvalue weighted by molar-refractivity contribution is 5.98. The number of nitrogens with one attached hydrogen (secondary N) is 2. The monoisotopic (exact) mass is 492 g/mol. The summed E-state index contributed by atoms with van der Waals surface area (Å²) < 4.78 is 1.25. The lowest BCUT2D eigenvalue weighted by Gasteiger charge is -2.25. The van der Waals surface area contributed by atoms with Gasteiger partial charge in [0.05, 0.1) is 13.1 Å². The molecule has 0 aliphatic carbocycles. The second-order valence-corrected chi connectivity index (χ2v) is 8.60. The summed E-state index contributed by atoms with van der Waals surface area (Å²) in [5.41, 5.74) is 6.79. The molecule has 190 valence electrons. The lowest BCUT2D eigenvalue weighted by atomic mass is 10.2. The van der Waals surface area contributed by atoms with E-state index in [2.05, 4.69) is 10.3 Å². The van der Waals surface area contributed by atoms with E-state index in [1.54, 1.807) is 38.4 Å². The Hall–Kier alpha value is -4.34. The van der Waals surface area contributed by atoms with Gasteiger partial charge in [0.25, 0.3) is 11.5 Å². The van der Waals surface area contributed by atoms with Crippen molar-refractivity contribution in [3.05, 3.63) is 86.6 Å². The molecule has 1 heterocycles. The maximum atomic E-state index is 13.3. The van der Waals surface area contributed by atoms with Gasteiger partial charge >= 0.3 is 5.69 Å². The molecular weight excluding hydrogens is 460 g/mol. The lowest BCUT2D eigenvalue weighted by molar-refractivity contribution is -0.117. The van der Waals surface area contributed by atoms with Gasteiger partial charge in [0.2, 0.25) is 5.91 Å². The highest BCUT2D eigenvalue weighted by Crippen LogP contribution is 2.19. The van der Waals surface area contributed by atoms with E-state index in [4.69, 9.17) is 5.73 Å². The lowest BCUT2D eigenvalue weighted by Crippen LogP contribution is -2.43. The van der Waals surface area contributed by atoms with Gasteiger partial charge in [-0.15, -0.1) is 0 Å². The Morgan fingerprint density at radius 2 is 1.78 bits per heavy atom. The minimum atomic E-state index is -0.718. The predicted molar refractivity (Wildman–Crippen MR) is 141 cm³/mol. The van der Waals surface area contributed by atoms with E-state index in [9.17, 15) is 19.2 Å².